The van der Waals surface area contributed by atoms with Crippen molar-refractivity contribution < 1.29 is 28.3 Å². The molecule has 0 spiro atoms. The van der Waals surface area contributed by atoms with Gasteiger partial charge in [-0.3, -0.25) is 14.4 Å². The van der Waals surface area contributed by atoms with Gasteiger partial charge in [0, 0.05) is 16.9 Å². The highest BCUT2D eigenvalue weighted by atomic mass is 32.1. The Bertz CT molecular complexity index is 1500. The lowest BCUT2D eigenvalue weighted by Crippen LogP contribution is -2.14. The highest BCUT2D eigenvalue weighted by Crippen LogP contribution is 2.35. The standard InChI is InChI=1S/C26H20FN3O5S2/c1-14-20(26(34)35-2)25(30-22(31)15-6-3-7-16(27)12-15)37-21(14)24(33)29-18-9-4-8-17(13-18)28-23(32)19-10-5-11-36-19/h3-13H,1-2H3,(H,28,32)(H,29,33)(H,30,31). The zero-order valence-electron chi connectivity index (χ0n) is 19.6. The second-order valence-corrected chi connectivity index (χ2v) is 9.65. The molecule has 4 rings (SSSR count). The molecule has 0 aliphatic heterocycles. The van der Waals surface area contributed by atoms with Crippen molar-refractivity contribution in [3.05, 3.63) is 98.3 Å². The SMILES string of the molecule is COC(=O)c1c(NC(=O)c2cccc(F)c2)sc(C(=O)Nc2cccc(NC(=O)c3cccs3)c2)c1C. The molecule has 4 aromatic rings. The normalized spacial score (nSPS) is 10.5. The van der Waals surface area contributed by atoms with Crippen molar-refractivity contribution in [2.75, 3.05) is 23.1 Å². The number of esters is 1. The van der Waals surface area contributed by atoms with Crippen LogP contribution < -0.4 is 16.0 Å². The lowest BCUT2D eigenvalue weighted by molar-refractivity contribution is 0.0601. The first kappa shape index (κ1) is 25.7. The van der Waals surface area contributed by atoms with E-state index in [2.05, 4.69) is 16.0 Å². The summed E-state index contributed by atoms with van der Waals surface area (Å²) in [5.74, 6) is -2.76. The van der Waals surface area contributed by atoms with Gasteiger partial charge in [0.05, 0.1) is 22.4 Å². The molecule has 11 heteroatoms. The maximum absolute atomic E-state index is 13.6. The van der Waals surface area contributed by atoms with Crippen LogP contribution in [-0.4, -0.2) is 30.8 Å². The number of rotatable bonds is 7. The van der Waals surface area contributed by atoms with Crippen molar-refractivity contribution in [3.8, 4) is 0 Å². The molecule has 37 heavy (non-hydrogen) atoms. The van der Waals surface area contributed by atoms with Gasteiger partial charge in [-0.25, -0.2) is 9.18 Å². The lowest BCUT2D eigenvalue weighted by Gasteiger charge is -2.08. The zero-order chi connectivity index (χ0) is 26.5. The van der Waals surface area contributed by atoms with E-state index in [4.69, 9.17) is 4.74 Å². The van der Waals surface area contributed by atoms with Crippen molar-refractivity contribution in [2.45, 2.75) is 6.92 Å². The number of amides is 3. The smallest absolute Gasteiger partial charge is 0.341 e. The molecular weight excluding hydrogens is 517 g/mol. The third-order valence-electron chi connectivity index (χ3n) is 5.18. The quantitative estimate of drug-likeness (QED) is 0.258. The third-order valence-corrected chi connectivity index (χ3v) is 7.25. The summed E-state index contributed by atoms with van der Waals surface area (Å²) in [7, 11) is 1.19. The molecule has 2 aromatic heterocycles. The molecule has 0 atom stereocenters. The van der Waals surface area contributed by atoms with Crippen molar-refractivity contribution in [2.24, 2.45) is 0 Å². The summed E-state index contributed by atoms with van der Waals surface area (Å²) in [6.07, 6.45) is 0. The molecule has 3 N–H and O–H groups in total. The molecule has 0 aliphatic carbocycles. The second-order valence-electron chi connectivity index (χ2n) is 7.68. The first-order chi connectivity index (χ1) is 17.8. The van der Waals surface area contributed by atoms with Crippen LogP contribution in [0.4, 0.5) is 20.8 Å². The van der Waals surface area contributed by atoms with E-state index in [1.165, 1.54) is 36.6 Å². The van der Waals surface area contributed by atoms with E-state index in [0.29, 0.717) is 21.8 Å². The summed E-state index contributed by atoms with van der Waals surface area (Å²) in [5, 5.41) is 9.99. The average molecular weight is 538 g/mol. The maximum Gasteiger partial charge on any atom is 0.341 e. The largest absolute Gasteiger partial charge is 0.465 e. The Balaban J connectivity index is 1.56. The summed E-state index contributed by atoms with van der Waals surface area (Å²) in [4.78, 5) is 51.3. The van der Waals surface area contributed by atoms with Gasteiger partial charge in [0.15, 0.2) is 0 Å². The summed E-state index contributed by atoms with van der Waals surface area (Å²) < 4.78 is 18.4. The second kappa shape index (κ2) is 11.1. The number of nitrogens with one attached hydrogen (secondary N) is 3. The summed E-state index contributed by atoms with van der Waals surface area (Å²) in [6.45, 7) is 1.56. The van der Waals surface area contributed by atoms with Gasteiger partial charge in [-0.1, -0.05) is 18.2 Å². The van der Waals surface area contributed by atoms with E-state index in [1.807, 2.05) is 0 Å². The average Bonchev–Trinajstić information content (AvgIpc) is 3.52. The van der Waals surface area contributed by atoms with Crippen LogP contribution in [0.5, 0.6) is 0 Å². The molecule has 0 radical (unpaired) electrons. The summed E-state index contributed by atoms with van der Waals surface area (Å²) >= 11 is 2.20. The van der Waals surface area contributed by atoms with Crippen LogP contribution in [0, 0.1) is 12.7 Å². The number of halogens is 1. The Hall–Kier alpha value is -4.35. The minimum absolute atomic E-state index is 0.0272. The fourth-order valence-electron chi connectivity index (χ4n) is 3.43. The molecule has 188 valence electrons. The Morgan fingerprint density at radius 2 is 1.54 bits per heavy atom. The number of carbonyl (C=O) groups is 4. The lowest BCUT2D eigenvalue weighted by atomic mass is 10.1. The van der Waals surface area contributed by atoms with Crippen molar-refractivity contribution in [3.63, 3.8) is 0 Å². The Kier molecular flexibility index (Phi) is 7.75. The van der Waals surface area contributed by atoms with Crippen LogP contribution in [0.25, 0.3) is 0 Å². The Morgan fingerprint density at radius 3 is 2.19 bits per heavy atom. The van der Waals surface area contributed by atoms with E-state index < -0.39 is 23.6 Å². The summed E-state index contributed by atoms with van der Waals surface area (Å²) in [6, 6.07) is 15.2. The Morgan fingerprint density at radius 1 is 0.838 bits per heavy atom. The van der Waals surface area contributed by atoms with Gasteiger partial charge >= 0.3 is 5.97 Å². The van der Waals surface area contributed by atoms with E-state index >= 15 is 0 Å². The zero-order valence-corrected chi connectivity index (χ0v) is 21.2. The van der Waals surface area contributed by atoms with E-state index in [-0.39, 0.29) is 26.9 Å². The van der Waals surface area contributed by atoms with Gasteiger partial charge in [0.2, 0.25) is 0 Å². The molecule has 0 aliphatic rings. The molecule has 0 fully saturated rings. The molecule has 8 nitrogen and oxygen atoms in total. The Labute approximate surface area is 219 Å². The summed E-state index contributed by atoms with van der Waals surface area (Å²) in [5.41, 5.74) is 1.28. The first-order valence-corrected chi connectivity index (χ1v) is 12.5. The van der Waals surface area contributed by atoms with Crippen LogP contribution in [0.15, 0.2) is 66.0 Å². The number of hydrogen-bond donors (Lipinski definition) is 3. The molecule has 0 saturated carbocycles. The van der Waals surface area contributed by atoms with Crippen molar-refractivity contribution in [1.82, 2.24) is 0 Å². The van der Waals surface area contributed by atoms with E-state index in [9.17, 15) is 23.6 Å². The predicted molar refractivity (Wildman–Crippen MR) is 141 cm³/mol. The fraction of sp³-hybridized carbons (Fsp3) is 0.0769. The van der Waals surface area contributed by atoms with Gasteiger partial charge in [0.1, 0.15) is 10.8 Å². The molecule has 0 saturated heterocycles. The van der Waals surface area contributed by atoms with Crippen LogP contribution in [0.1, 0.15) is 45.6 Å². The van der Waals surface area contributed by atoms with E-state index in [0.717, 1.165) is 17.4 Å². The number of thiophene rings is 2. The number of benzene rings is 2. The monoisotopic (exact) mass is 537 g/mol. The van der Waals surface area contributed by atoms with Crippen LogP contribution >= 0.6 is 22.7 Å². The van der Waals surface area contributed by atoms with Crippen LogP contribution in [0.3, 0.4) is 0 Å². The number of hydrogen-bond acceptors (Lipinski definition) is 7. The number of ether oxygens (including phenoxy) is 1. The van der Waals surface area contributed by atoms with E-state index in [1.54, 1.807) is 48.7 Å². The molecule has 0 bridgehead atoms. The minimum Gasteiger partial charge on any atom is -0.465 e. The van der Waals surface area contributed by atoms with Crippen LogP contribution in [-0.2, 0) is 4.74 Å². The van der Waals surface area contributed by atoms with Crippen molar-refractivity contribution in [1.29, 1.82) is 0 Å². The van der Waals surface area contributed by atoms with Crippen molar-refractivity contribution >= 4 is 62.7 Å². The minimum atomic E-state index is -0.736. The number of anilines is 3. The van der Waals surface area contributed by atoms with Crippen LogP contribution in [0.2, 0.25) is 0 Å². The highest BCUT2D eigenvalue weighted by Gasteiger charge is 2.27. The van der Waals surface area contributed by atoms with Gasteiger partial charge in [-0.2, -0.15) is 0 Å². The third kappa shape index (κ3) is 5.90. The number of methoxy groups -OCH3 is 1. The van der Waals surface area contributed by atoms with Gasteiger partial charge in [0.25, 0.3) is 17.7 Å². The highest BCUT2D eigenvalue weighted by molar-refractivity contribution is 7.19. The topological polar surface area (TPSA) is 114 Å². The fourth-order valence-corrected chi connectivity index (χ4v) is 5.14. The molecule has 0 unspecified atom stereocenters. The molecule has 2 heterocycles. The van der Waals surface area contributed by atoms with Gasteiger partial charge < -0.3 is 20.7 Å². The molecule has 2 aromatic carbocycles. The number of carbonyl (C=O) groups excluding carboxylic acids is 4. The molecular formula is C26H20FN3O5S2. The van der Waals surface area contributed by atoms with Gasteiger partial charge in [-0.15, -0.1) is 22.7 Å². The predicted octanol–water partition coefficient (Wildman–Crippen LogP) is 5.80. The maximum atomic E-state index is 13.6. The molecule has 3 amide bonds. The first-order valence-electron chi connectivity index (χ1n) is 10.8. The van der Waals surface area contributed by atoms with Gasteiger partial charge in [-0.05, 0) is 60.3 Å².